The molecule has 4 saturated carbocycles. The Labute approximate surface area is 205 Å². The van der Waals surface area contributed by atoms with Crippen molar-refractivity contribution >= 4 is 11.6 Å². The molecule has 0 aliphatic heterocycles. The van der Waals surface area contributed by atoms with Crippen LogP contribution in [0.4, 0.5) is 0 Å². The maximum absolute atomic E-state index is 12.4. The molecule has 182 valence electrons. The number of aliphatic hydroxyl groups is 1. The molecule has 34 heavy (non-hydrogen) atoms. The lowest BCUT2D eigenvalue weighted by Gasteiger charge is -2.61. The van der Waals surface area contributed by atoms with Crippen molar-refractivity contribution in [3.05, 3.63) is 35.4 Å². The Bertz CT molecular complexity index is 1040. The first-order chi connectivity index (χ1) is 16.1. The number of carbonyl (C=O) groups excluding carboxylic acids is 2. The number of carbonyl (C=O) groups is 2. The summed E-state index contributed by atoms with van der Waals surface area (Å²) in [5.41, 5.74) is 1.09. The van der Waals surface area contributed by atoms with E-state index in [-0.39, 0.29) is 22.5 Å². The highest BCUT2D eigenvalue weighted by Crippen LogP contribution is 2.68. The van der Waals surface area contributed by atoms with Gasteiger partial charge in [0.05, 0.1) is 0 Å². The lowest BCUT2D eigenvalue weighted by Crippen LogP contribution is -2.56. The zero-order valence-electron chi connectivity index (χ0n) is 21.3. The van der Waals surface area contributed by atoms with Crippen molar-refractivity contribution in [3.8, 4) is 11.8 Å². The van der Waals surface area contributed by atoms with Gasteiger partial charge in [0.25, 0.3) is 0 Å². The van der Waals surface area contributed by atoms with E-state index in [1.165, 1.54) is 32.1 Å². The van der Waals surface area contributed by atoms with E-state index in [1.54, 1.807) is 6.92 Å². The lowest BCUT2D eigenvalue weighted by atomic mass is 9.44. The Balaban J connectivity index is 1.32. The van der Waals surface area contributed by atoms with E-state index in [4.69, 9.17) is 0 Å². The molecule has 0 aromatic heterocycles. The Morgan fingerprint density at radius 1 is 0.882 bits per heavy atom. The summed E-state index contributed by atoms with van der Waals surface area (Å²) in [6, 6.07) is 7.37. The molecule has 0 heterocycles. The van der Waals surface area contributed by atoms with E-state index < -0.39 is 5.60 Å². The molecule has 4 fully saturated rings. The summed E-state index contributed by atoms with van der Waals surface area (Å²) in [5, 5.41) is 11.4. The van der Waals surface area contributed by atoms with Crippen LogP contribution in [0.5, 0.6) is 0 Å². The van der Waals surface area contributed by atoms with Crippen LogP contribution in [0, 0.1) is 52.3 Å². The van der Waals surface area contributed by atoms with Gasteiger partial charge in [-0.2, -0.15) is 0 Å². The van der Waals surface area contributed by atoms with Crippen molar-refractivity contribution < 1.29 is 14.7 Å². The molecule has 0 saturated heterocycles. The minimum Gasteiger partial charge on any atom is -0.378 e. The van der Waals surface area contributed by atoms with E-state index in [1.807, 2.05) is 31.2 Å². The second kappa shape index (κ2) is 8.34. The Morgan fingerprint density at radius 3 is 2.26 bits per heavy atom. The van der Waals surface area contributed by atoms with Gasteiger partial charge in [0.15, 0.2) is 5.78 Å². The average Bonchev–Trinajstić information content (AvgIpc) is 3.16. The number of ketones is 2. The molecule has 4 aliphatic carbocycles. The maximum Gasteiger partial charge on any atom is 0.159 e. The van der Waals surface area contributed by atoms with Gasteiger partial charge in [-0.15, -0.1) is 0 Å². The molecule has 0 amide bonds. The maximum atomic E-state index is 12.4. The molecular formula is C31H40O3. The third kappa shape index (κ3) is 3.78. The van der Waals surface area contributed by atoms with Crippen LogP contribution in [0.1, 0.15) is 101 Å². The molecule has 0 radical (unpaired) electrons. The molecule has 4 aliphatic rings. The van der Waals surface area contributed by atoms with Gasteiger partial charge in [-0.25, -0.2) is 0 Å². The van der Waals surface area contributed by atoms with Crippen LogP contribution in [0.15, 0.2) is 24.3 Å². The van der Waals surface area contributed by atoms with E-state index >= 15 is 0 Å². The topological polar surface area (TPSA) is 54.4 Å². The van der Waals surface area contributed by atoms with Crippen LogP contribution < -0.4 is 0 Å². The summed E-state index contributed by atoms with van der Waals surface area (Å²) in [4.78, 5) is 23.9. The predicted molar refractivity (Wildman–Crippen MR) is 134 cm³/mol. The van der Waals surface area contributed by atoms with E-state index in [2.05, 4.69) is 25.7 Å². The predicted octanol–water partition coefficient (Wildman–Crippen LogP) is 6.22. The molecular weight excluding hydrogens is 420 g/mol. The molecule has 0 bridgehead atoms. The standard InChI is InChI=1S/C31H40O3/c1-20(32)23-7-5-22(6-8-23)13-16-31(34)18-17-29(3)24(19-31)9-10-25-27-12-11-26(21(2)33)30(27,4)15-14-28(25)29/h5-8,24-28,34H,9-12,14-15,17-19H2,1-4H3. The first-order valence-corrected chi connectivity index (χ1v) is 13.4. The summed E-state index contributed by atoms with van der Waals surface area (Å²) in [6.45, 7) is 8.29. The van der Waals surface area contributed by atoms with Crippen LogP contribution >= 0.6 is 0 Å². The molecule has 8 unspecified atom stereocenters. The number of Topliss-reactive ketones (excluding diaryl/α,β-unsaturated/α-hetero) is 2. The minimum absolute atomic E-state index is 0.0535. The fourth-order valence-corrected chi connectivity index (χ4v) is 9.00. The second-order valence-corrected chi connectivity index (χ2v) is 12.6. The molecule has 3 heteroatoms. The van der Waals surface area contributed by atoms with Gasteiger partial charge >= 0.3 is 0 Å². The minimum atomic E-state index is -0.924. The lowest BCUT2D eigenvalue weighted by molar-refractivity contribution is -0.144. The van der Waals surface area contributed by atoms with Gasteiger partial charge in [-0.05, 0) is 118 Å². The smallest absolute Gasteiger partial charge is 0.159 e. The molecule has 8 atom stereocenters. The SMILES string of the molecule is CC(=O)c1ccc(C#CC2(O)CCC3(C)C(CCC4C3CCC3(C)C(C(C)=O)CCC43)C2)cc1. The zero-order chi connectivity index (χ0) is 24.3. The zero-order valence-corrected chi connectivity index (χ0v) is 21.3. The van der Waals surface area contributed by atoms with Gasteiger partial charge in [-0.3, -0.25) is 9.59 Å². The van der Waals surface area contributed by atoms with Gasteiger partial charge in [0.1, 0.15) is 11.4 Å². The summed E-state index contributed by atoms with van der Waals surface area (Å²) in [7, 11) is 0. The monoisotopic (exact) mass is 460 g/mol. The molecule has 1 aromatic rings. The Kier molecular flexibility index (Phi) is 5.84. The largest absolute Gasteiger partial charge is 0.378 e. The average molecular weight is 461 g/mol. The van der Waals surface area contributed by atoms with Crippen molar-refractivity contribution in [3.63, 3.8) is 0 Å². The fourth-order valence-electron chi connectivity index (χ4n) is 9.00. The second-order valence-electron chi connectivity index (χ2n) is 12.6. The first-order valence-electron chi connectivity index (χ1n) is 13.4. The van der Waals surface area contributed by atoms with Crippen LogP contribution in [0.25, 0.3) is 0 Å². The summed E-state index contributed by atoms with van der Waals surface area (Å²) in [6.07, 6.45) is 9.68. The number of fused-ring (bicyclic) bond motifs is 5. The van der Waals surface area contributed by atoms with E-state index in [9.17, 15) is 14.7 Å². The highest BCUT2D eigenvalue weighted by Gasteiger charge is 2.61. The quantitative estimate of drug-likeness (QED) is 0.421. The van der Waals surface area contributed by atoms with Crippen molar-refractivity contribution in [1.82, 2.24) is 0 Å². The van der Waals surface area contributed by atoms with Crippen molar-refractivity contribution in [2.45, 2.75) is 91.1 Å². The van der Waals surface area contributed by atoms with Gasteiger partial charge < -0.3 is 5.11 Å². The molecule has 1 N–H and O–H groups in total. The molecule has 1 aromatic carbocycles. The summed E-state index contributed by atoms with van der Waals surface area (Å²) in [5.74, 6) is 9.80. The van der Waals surface area contributed by atoms with E-state index in [0.29, 0.717) is 29.1 Å². The van der Waals surface area contributed by atoms with Gasteiger partial charge in [0, 0.05) is 17.0 Å². The van der Waals surface area contributed by atoms with Crippen LogP contribution in [-0.4, -0.2) is 22.3 Å². The molecule has 0 spiro atoms. The highest BCUT2D eigenvalue weighted by molar-refractivity contribution is 5.94. The number of rotatable bonds is 2. The van der Waals surface area contributed by atoms with E-state index in [0.717, 1.165) is 37.2 Å². The third-order valence-electron chi connectivity index (χ3n) is 10.9. The highest BCUT2D eigenvalue weighted by atomic mass is 16.3. The van der Waals surface area contributed by atoms with Gasteiger partial charge in [-0.1, -0.05) is 37.8 Å². The van der Waals surface area contributed by atoms with Crippen molar-refractivity contribution in [2.75, 3.05) is 0 Å². The Morgan fingerprint density at radius 2 is 1.59 bits per heavy atom. The van der Waals surface area contributed by atoms with Crippen molar-refractivity contribution in [1.29, 1.82) is 0 Å². The summed E-state index contributed by atoms with van der Waals surface area (Å²) < 4.78 is 0. The van der Waals surface area contributed by atoms with Crippen molar-refractivity contribution in [2.24, 2.45) is 40.4 Å². The van der Waals surface area contributed by atoms with Crippen LogP contribution in [0.2, 0.25) is 0 Å². The normalized spacial score (nSPS) is 43.0. The fraction of sp³-hybridized carbons (Fsp3) is 0.677. The number of hydrogen-bond acceptors (Lipinski definition) is 3. The molecule has 5 rings (SSSR count). The first kappa shape index (κ1) is 23.8. The molecule has 3 nitrogen and oxygen atoms in total. The van der Waals surface area contributed by atoms with Crippen LogP contribution in [-0.2, 0) is 4.79 Å². The Hall–Kier alpha value is -1.92. The third-order valence-corrected chi connectivity index (χ3v) is 10.9. The van der Waals surface area contributed by atoms with Gasteiger partial charge in [0.2, 0.25) is 0 Å². The number of benzene rings is 1. The number of hydrogen-bond donors (Lipinski definition) is 1. The summed E-state index contributed by atoms with van der Waals surface area (Å²) >= 11 is 0. The van der Waals surface area contributed by atoms with Crippen LogP contribution in [0.3, 0.4) is 0 Å².